The molecule has 25 heavy (non-hydrogen) atoms. The van der Waals surface area contributed by atoms with Gasteiger partial charge in [0, 0.05) is 25.3 Å². The number of fused-ring (bicyclic) bond motifs is 2. The van der Waals surface area contributed by atoms with Gasteiger partial charge in [0.1, 0.15) is 0 Å². The molecule has 0 aliphatic heterocycles. The third kappa shape index (κ3) is 2.86. The molecule has 1 nitrogen and oxygen atoms in total. The van der Waals surface area contributed by atoms with E-state index in [2.05, 4.69) is 32.0 Å². The number of aryl methyl sites for hydroxylation is 2. The van der Waals surface area contributed by atoms with Crippen LogP contribution in [-0.2, 0) is 0 Å². The molecule has 0 bridgehead atoms. The lowest BCUT2D eigenvalue weighted by molar-refractivity contribution is 1.21. The minimum Gasteiger partial charge on any atom is -0.289 e. The fourth-order valence-corrected chi connectivity index (χ4v) is 5.54. The normalized spacial score (nSPS) is 11.3. The Morgan fingerprint density at radius 3 is 2.36 bits per heavy atom. The van der Waals surface area contributed by atoms with E-state index in [9.17, 15) is 4.79 Å². The third-order valence-corrected chi connectivity index (χ3v) is 7.50. The van der Waals surface area contributed by atoms with Crippen molar-refractivity contribution in [3.05, 3.63) is 81.0 Å². The van der Waals surface area contributed by atoms with Crippen LogP contribution in [0, 0.1) is 13.8 Å². The maximum absolute atomic E-state index is 12.8. The number of hydrogen-bond donors (Lipinski definition) is 0. The molecule has 0 radical (unpaired) electrons. The molecule has 0 saturated heterocycles. The van der Waals surface area contributed by atoms with Crippen LogP contribution in [0.4, 0.5) is 0 Å². The first kappa shape index (κ1) is 16.6. The van der Waals surface area contributed by atoms with Gasteiger partial charge in [0.2, 0.25) is 0 Å². The molecule has 0 aliphatic rings. The largest absolute Gasteiger partial charge is 0.289 e. The third-order valence-electron chi connectivity index (χ3n) is 4.27. The topological polar surface area (TPSA) is 17.1 Å². The molecule has 0 N–H and O–H groups in total. The Balaban J connectivity index is 1.94. The quantitative estimate of drug-likeness (QED) is 0.353. The summed E-state index contributed by atoms with van der Waals surface area (Å²) in [7, 11) is 0. The number of rotatable bonds is 2. The molecule has 4 rings (SSSR count). The number of halogens is 1. The zero-order valence-corrected chi connectivity index (χ0v) is 16.2. The summed E-state index contributed by atoms with van der Waals surface area (Å²) in [6.07, 6.45) is 0. The van der Waals surface area contributed by atoms with E-state index >= 15 is 0 Å². The van der Waals surface area contributed by atoms with Crippen LogP contribution in [0.25, 0.3) is 20.2 Å². The molecule has 0 spiro atoms. The van der Waals surface area contributed by atoms with Gasteiger partial charge in [0.15, 0.2) is 5.43 Å². The fourth-order valence-electron chi connectivity index (χ4n) is 2.96. The highest BCUT2D eigenvalue weighted by Gasteiger charge is 2.14. The van der Waals surface area contributed by atoms with Crippen molar-refractivity contribution in [3.63, 3.8) is 0 Å². The van der Waals surface area contributed by atoms with Crippen LogP contribution in [-0.4, -0.2) is 0 Å². The second kappa shape index (κ2) is 6.49. The molecule has 0 saturated carbocycles. The Bertz CT molecular complexity index is 1160. The van der Waals surface area contributed by atoms with Crippen LogP contribution in [0.3, 0.4) is 0 Å². The van der Waals surface area contributed by atoms with Gasteiger partial charge in [-0.05, 0) is 49.2 Å². The van der Waals surface area contributed by atoms with Gasteiger partial charge in [-0.25, -0.2) is 0 Å². The maximum atomic E-state index is 12.8. The van der Waals surface area contributed by atoms with E-state index in [0.29, 0.717) is 10.4 Å². The molecular formula is C21H15ClOS2. The summed E-state index contributed by atoms with van der Waals surface area (Å²) in [6.45, 7) is 4.21. The summed E-state index contributed by atoms with van der Waals surface area (Å²) < 4.78 is 1.83. The van der Waals surface area contributed by atoms with Gasteiger partial charge in [0.25, 0.3) is 0 Å². The molecule has 1 aromatic heterocycles. The van der Waals surface area contributed by atoms with Crippen LogP contribution in [0.2, 0.25) is 5.02 Å². The highest BCUT2D eigenvalue weighted by Crippen LogP contribution is 2.41. The van der Waals surface area contributed by atoms with E-state index in [1.165, 1.54) is 16.0 Å². The van der Waals surface area contributed by atoms with Gasteiger partial charge in [-0.15, -0.1) is 11.3 Å². The molecule has 0 amide bonds. The molecule has 0 fully saturated rings. The summed E-state index contributed by atoms with van der Waals surface area (Å²) in [4.78, 5) is 15.0. The molecular weight excluding hydrogens is 368 g/mol. The van der Waals surface area contributed by atoms with Crippen LogP contribution in [0.1, 0.15) is 11.1 Å². The molecule has 0 aliphatic carbocycles. The Kier molecular flexibility index (Phi) is 4.32. The summed E-state index contributed by atoms with van der Waals surface area (Å²) in [5.41, 5.74) is 2.51. The molecule has 0 atom stereocenters. The highest BCUT2D eigenvalue weighted by atomic mass is 35.5. The smallest absolute Gasteiger partial charge is 0.195 e. The van der Waals surface area contributed by atoms with Crippen LogP contribution in [0.15, 0.2) is 69.2 Å². The van der Waals surface area contributed by atoms with E-state index in [0.717, 1.165) is 19.7 Å². The standard InChI is InChI=1S/C21H15ClOS2/c1-12-6-5-7-13(2)20(12)25-17-11-10-15-19(23)14-8-3-4-9-16(14)24-21(15)18(17)22/h3-11H,1-2H3. The predicted molar refractivity (Wildman–Crippen MR) is 111 cm³/mol. The summed E-state index contributed by atoms with van der Waals surface area (Å²) >= 11 is 9.97. The van der Waals surface area contributed by atoms with E-state index in [4.69, 9.17) is 11.6 Å². The lowest BCUT2D eigenvalue weighted by atomic mass is 10.2. The van der Waals surface area contributed by atoms with Crippen molar-refractivity contribution in [2.24, 2.45) is 0 Å². The van der Waals surface area contributed by atoms with Crippen molar-refractivity contribution in [3.8, 4) is 0 Å². The Hall–Kier alpha value is -1.81. The second-order valence-electron chi connectivity index (χ2n) is 6.00. The zero-order valence-electron chi connectivity index (χ0n) is 13.8. The van der Waals surface area contributed by atoms with Crippen LogP contribution >= 0.6 is 34.7 Å². The van der Waals surface area contributed by atoms with E-state index in [-0.39, 0.29) is 5.43 Å². The van der Waals surface area contributed by atoms with Gasteiger partial charge < -0.3 is 0 Å². The molecule has 0 unspecified atom stereocenters. The Morgan fingerprint density at radius 1 is 0.880 bits per heavy atom. The zero-order chi connectivity index (χ0) is 17.6. The fraction of sp³-hybridized carbons (Fsp3) is 0.0952. The van der Waals surface area contributed by atoms with E-state index < -0.39 is 0 Å². The number of benzene rings is 3. The van der Waals surface area contributed by atoms with Crippen molar-refractivity contribution in [2.45, 2.75) is 23.6 Å². The van der Waals surface area contributed by atoms with Crippen molar-refractivity contribution in [1.82, 2.24) is 0 Å². The number of hydrogen-bond acceptors (Lipinski definition) is 3. The molecule has 1 heterocycles. The second-order valence-corrected chi connectivity index (χ2v) is 8.49. The first-order chi connectivity index (χ1) is 12.1. The van der Waals surface area contributed by atoms with Crippen LogP contribution < -0.4 is 5.43 Å². The Labute approximate surface area is 159 Å². The minimum atomic E-state index is 0.0508. The first-order valence-electron chi connectivity index (χ1n) is 7.94. The molecule has 4 heteroatoms. The van der Waals surface area contributed by atoms with Crippen LogP contribution in [0.5, 0.6) is 0 Å². The van der Waals surface area contributed by atoms with Crippen molar-refractivity contribution in [1.29, 1.82) is 0 Å². The van der Waals surface area contributed by atoms with Gasteiger partial charge in [-0.2, -0.15) is 0 Å². The lowest BCUT2D eigenvalue weighted by Crippen LogP contribution is -2.01. The van der Waals surface area contributed by atoms with Crippen molar-refractivity contribution < 1.29 is 0 Å². The predicted octanol–water partition coefficient (Wildman–Crippen LogP) is 6.84. The lowest BCUT2D eigenvalue weighted by Gasteiger charge is -2.12. The Morgan fingerprint density at radius 2 is 1.60 bits per heavy atom. The van der Waals surface area contributed by atoms with Gasteiger partial charge >= 0.3 is 0 Å². The summed E-state index contributed by atoms with van der Waals surface area (Å²) in [6, 6.07) is 17.8. The monoisotopic (exact) mass is 382 g/mol. The summed E-state index contributed by atoms with van der Waals surface area (Å²) in [5, 5.41) is 2.11. The van der Waals surface area contributed by atoms with Gasteiger partial charge in [-0.1, -0.05) is 53.7 Å². The average Bonchev–Trinajstić information content (AvgIpc) is 2.61. The van der Waals surface area contributed by atoms with Gasteiger partial charge in [0.05, 0.1) is 9.72 Å². The van der Waals surface area contributed by atoms with E-state index in [1.807, 2.05) is 36.4 Å². The molecule has 124 valence electrons. The average molecular weight is 383 g/mol. The molecule has 3 aromatic carbocycles. The minimum absolute atomic E-state index is 0.0508. The summed E-state index contributed by atoms with van der Waals surface area (Å²) in [5.74, 6) is 0. The van der Waals surface area contributed by atoms with E-state index in [1.54, 1.807) is 23.1 Å². The van der Waals surface area contributed by atoms with Crippen molar-refractivity contribution in [2.75, 3.05) is 0 Å². The SMILES string of the molecule is Cc1cccc(C)c1Sc1ccc2c(=O)c3ccccc3sc2c1Cl. The first-order valence-corrected chi connectivity index (χ1v) is 9.95. The van der Waals surface area contributed by atoms with Crippen molar-refractivity contribution >= 4 is 54.9 Å². The maximum Gasteiger partial charge on any atom is 0.195 e. The molecule has 4 aromatic rings. The highest BCUT2D eigenvalue weighted by molar-refractivity contribution is 7.99. The van der Waals surface area contributed by atoms with Gasteiger partial charge in [-0.3, -0.25) is 4.79 Å².